The number of nitrogens with zero attached hydrogens (tertiary/aromatic N) is 3. The Balaban J connectivity index is 1.28. The van der Waals surface area contributed by atoms with Crippen LogP contribution in [0.5, 0.6) is 0 Å². The Hall–Kier alpha value is -4.91. The van der Waals surface area contributed by atoms with Gasteiger partial charge in [-0.3, -0.25) is 24.5 Å². The maximum atomic E-state index is 14.4. The van der Waals surface area contributed by atoms with E-state index in [4.69, 9.17) is 0 Å². The van der Waals surface area contributed by atoms with Gasteiger partial charge in [-0.2, -0.15) is 5.10 Å². The minimum absolute atomic E-state index is 0.0163. The van der Waals surface area contributed by atoms with Gasteiger partial charge < -0.3 is 5.32 Å². The van der Waals surface area contributed by atoms with Crippen LogP contribution in [0.25, 0.3) is 0 Å². The van der Waals surface area contributed by atoms with Gasteiger partial charge in [-0.15, -0.1) is 0 Å². The van der Waals surface area contributed by atoms with Crippen molar-refractivity contribution < 1.29 is 19.3 Å². The lowest BCUT2D eigenvalue weighted by atomic mass is 9.47. The number of nitro groups is 1. The second kappa shape index (κ2) is 10.7. The van der Waals surface area contributed by atoms with Gasteiger partial charge in [-0.25, -0.2) is 10.3 Å². The number of carbonyl (C=O) groups is 3. The number of hydrogen-bond acceptors (Lipinski definition) is 7. The van der Waals surface area contributed by atoms with E-state index in [1.807, 2.05) is 72.8 Å². The number of rotatable bonds is 7. The zero-order valence-corrected chi connectivity index (χ0v) is 25.2. The zero-order chi connectivity index (χ0) is 30.6. The highest BCUT2D eigenvalue weighted by Crippen LogP contribution is 2.63. The van der Waals surface area contributed by atoms with Crippen LogP contribution in [0, 0.1) is 25.5 Å². The molecule has 218 valence electrons. The van der Waals surface area contributed by atoms with E-state index in [0.717, 1.165) is 36.4 Å². The summed E-state index contributed by atoms with van der Waals surface area (Å²) >= 11 is 2.21. The van der Waals surface area contributed by atoms with Crippen LogP contribution < -0.4 is 15.6 Å². The summed E-state index contributed by atoms with van der Waals surface area (Å²) in [5, 5.41) is 18.7. The summed E-state index contributed by atoms with van der Waals surface area (Å²) < 4.78 is 1.08. The fourth-order valence-electron chi connectivity index (χ4n) is 7.02. The third kappa shape index (κ3) is 4.21. The standard InChI is InChI=1S/C33H24IN5O5/c34-19-9-11-20(12-10-19)35-17-27(40)37-36-18-33-25-7-3-1-5-23(25)28(24-6-2-4-8-26(24)33)29-30(33)32(42)38(31(29)41)21-13-15-22(16-14-21)39(43)44/h1-16,18,28-30,35H,17H2,(H,37,40)/b36-18-/t28?,29-,30-,33?/m1/s1. The Kier molecular flexibility index (Phi) is 6.76. The highest BCUT2D eigenvalue weighted by atomic mass is 127. The van der Waals surface area contributed by atoms with E-state index in [2.05, 4.69) is 38.4 Å². The van der Waals surface area contributed by atoms with E-state index < -0.39 is 28.1 Å². The van der Waals surface area contributed by atoms with Crippen molar-refractivity contribution in [1.29, 1.82) is 0 Å². The van der Waals surface area contributed by atoms with Crippen LogP contribution in [-0.2, 0) is 19.8 Å². The molecule has 44 heavy (non-hydrogen) atoms. The number of hydrazone groups is 1. The number of imide groups is 1. The Labute approximate surface area is 265 Å². The van der Waals surface area contributed by atoms with E-state index in [0.29, 0.717) is 0 Å². The van der Waals surface area contributed by atoms with Gasteiger partial charge in [0.25, 0.3) is 11.6 Å². The molecule has 2 N–H and O–H groups in total. The first-order valence-electron chi connectivity index (χ1n) is 13.9. The first kappa shape index (κ1) is 27.9. The van der Waals surface area contributed by atoms with Crippen molar-refractivity contribution in [3.8, 4) is 0 Å². The molecule has 1 heterocycles. The van der Waals surface area contributed by atoms with Gasteiger partial charge in [0.15, 0.2) is 0 Å². The molecule has 3 aliphatic carbocycles. The molecule has 0 radical (unpaired) electrons. The normalized spacial score (nSPS) is 22.8. The van der Waals surface area contributed by atoms with E-state index in [9.17, 15) is 24.5 Å². The maximum absolute atomic E-state index is 14.4. The lowest BCUT2D eigenvalue weighted by Gasteiger charge is -2.52. The van der Waals surface area contributed by atoms with Crippen molar-refractivity contribution in [2.24, 2.45) is 16.9 Å². The van der Waals surface area contributed by atoms with Gasteiger partial charge >= 0.3 is 0 Å². The fraction of sp³-hybridized carbons (Fsp3) is 0.152. The molecule has 2 atom stereocenters. The molecule has 1 fully saturated rings. The third-order valence-electron chi connectivity index (χ3n) is 8.76. The van der Waals surface area contributed by atoms with Crippen LogP contribution in [0.2, 0.25) is 0 Å². The predicted octanol–water partition coefficient (Wildman–Crippen LogP) is 4.96. The molecule has 2 bridgehead atoms. The lowest BCUT2D eigenvalue weighted by Crippen LogP contribution is -2.54. The summed E-state index contributed by atoms with van der Waals surface area (Å²) in [6.07, 6.45) is 1.60. The van der Waals surface area contributed by atoms with Crippen LogP contribution in [0.4, 0.5) is 17.1 Å². The van der Waals surface area contributed by atoms with Crippen molar-refractivity contribution >= 4 is 63.6 Å². The molecule has 0 unspecified atom stereocenters. The number of non-ortho nitro benzene ring substituents is 1. The highest BCUT2D eigenvalue weighted by molar-refractivity contribution is 14.1. The van der Waals surface area contributed by atoms with Crippen molar-refractivity contribution in [3.63, 3.8) is 0 Å². The average Bonchev–Trinajstić information content (AvgIpc) is 3.31. The molecule has 3 amide bonds. The summed E-state index contributed by atoms with van der Waals surface area (Å²) in [7, 11) is 0. The Morgan fingerprint density at radius 1 is 0.909 bits per heavy atom. The molecule has 0 saturated carbocycles. The topological polar surface area (TPSA) is 134 Å². The summed E-state index contributed by atoms with van der Waals surface area (Å²) in [6.45, 7) is -0.0163. The van der Waals surface area contributed by atoms with Crippen molar-refractivity contribution in [2.45, 2.75) is 11.3 Å². The fourth-order valence-corrected chi connectivity index (χ4v) is 7.38. The second-order valence-electron chi connectivity index (χ2n) is 11.0. The van der Waals surface area contributed by atoms with Crippen LogP contribution in [-0.4, -0.2) is 35.4 Å². The first-order valence-corrected chi connectivity index (χ1v) is 15.0. The molecular formula is C33H24IN5O5. The Morgan fingerprint density at radius 2 is 1.52 bits per heavy atom. The number of anilines is 2. The van der Waals surface area contributed by atoms with Crippen LogP contribution in [0.3, 0.4) is 0 Å². The van der Waals surface area contributed by atoms with Gasteiger partial charge in [-0.1, -0.05) is 48.5 Å². The minimum Gasteiger partial charge on any atom is -0.376 e. The monoisotopic (exact) mass is 697 g/mol. The predicted molar refractivity (Wildman–Crippen MR) is 172 cm³/mol. The van der Waals surface area contributed by atoms with E-state index in [1.165, 1.54) is 24.3 Å². The number of halogens is 1. The molecule has 0 aromatic heterocycles. The Morgan fingerprint density at radius 3 is 2.14 bits per heavy atom. The number of carbonyl (C=O) groups excluding carboxylic acids is 3. The number of amides is 3. The van der Waals surface area contributed by atoms with Gasteiger partial charge in [-0.05, 0) is 81.2 Å². The Bertz CT molecular complexity index is 1830. The molecule has 10 nitrogen and oxygen atoms in total. The van der Waals surface area contributed by atoms with Crippen molar-refractivity contribution in [2.75, 3.05) is 16.8 Å². The highest BCUT2D eigenvalue weighted by Gasteiger charge is 2.68. The van der Waals surface area contributed by atoms with Crippen LogP contribution >= 0.6 is 22.6 Å². The molecule has 11 heteroatoms. The molecule has 4 aliphatic rings. The molecule has 4 aromatic carbocycles. The zero-order valence-electron chi connectivity index (χ0n) is 23.0. The summed E-state index contributed by atoms with van der Waals surface area (Å²) in [5.41, 5.74) is 5.95. The summed E-state index contributed by atoms with van der Waals surface area (Å²) in [4.78, 5) is 53.2. The smallest absolute Gasteiger partial charge is 0.269 e. The third-order valence-corrected chi connectivity index (χ3v) is 9.48. The van der Waals surface area contributed by atoms with Crippen molar-refractivity contribution in [3.05, 3.63) is 133 Å². The molecule has 4 aromatic rings. The molecular weight excluding hydrogens is 673 g/mol. The van der Waals surface area contributed by atoms with Crippen LogP contribution in [0.15, 0.2) is 102 Å². The molecule has 1 aliphatic heterocycles. The van der Waals surface area contributed by atoms with E-state index in [1.54, 1.807) is 6.21 Å². The number of benzene rings is 4. The van der Waals surface area contributed by atoms with Gasteiger partial charge in [0.1, 0.15) is 0 Å². The quantitative estimate of drug-likeness (QED) is 0.0922. The van der Waals surface area contributed by atoms with Crippen LogP contribution in [0.1, 0.15) is 28.2 Å². The second-order valence-corrected chi connectivity index (χ2v) is 12.2. The minimum atomic E-state index is -1.15. The van der Waals surface area contributed by atoms with E-state index in [-0.39, 0.29) is 35.7 Å². The number of nitro benzene ring substituents is 1. The molecule has 0 spiro atoms. The average molecular weight is 697 g/mol. The molecule has 1 saturated heterocycles. The van der Waals surface area contributed by atoms with E-state index >= 15 is 0 Å². The SMILES string of the molecule is O=C(CNc1ccc(I)cc1)N/N=C\C12c3ccccc3C(c3ccccc31)[C@H]1C(=O)N(c3ccc([N+](=O)[O-])cc3)C(=O)[C@@H]12. The first-order chi connectivity index (χ1) is 21.3. The number of nitrogens with one attached hydrogen (secondary N) is 2. The van der Waals surface area contributed by atoms with Crippen molar-refractivity contribution in [1.82, 2.24) is 5.43 Å². The summed E-state index contributed by atoms with van der Waals surface area (Å²) in [5.74, 6) is -3.10. The largest absolute Gasteiger partial charge is 0.376 e. The molecule has 8 rings (SSSR count). The lowest BCUT2D eigenvalue weighted by molar-refractivity contribution is -0.384. The van der Waals surface area contributed by atoms with Gasteiger partial charge in [0.2, 0.25) is 11.8 Å². The van der Waals surface area contributed by atoms with Gasteiger partial charge in [0.05, 0.1) is 34.4 Å². The summed E-state index contributed by atoms with van der Waals surface area (Å²) in [6, 6.07) is 28.5. The number of hydrogen-bond donors (Lipinski definition) is 2. The van der Waals surface area contributed by atoms with Gasteiger partial charge in [0, 0.05) is 33.5 Å². The maximum Gasteiger partial charge on any atom is 0.269 e.